The second kappa shape index (κ2) is 4.43. The quantitative estimate of drug-likeness (QED) is 0.839. The van der Waals surface area contributed by atoms with Crippen molar-refractivity contribution in [3.63, 3.8) is 0 Å². The molecule has 0 unspecified atom stereocenters. The van der Waals surface area contributed by atoms with Crippen molar-refractivity contribution in [2.24, 2.45) is 5.73 Å². The van der Waals surface area contributed by atoms with Gasteiger partial charge in [-0.25, -0.2) is 0 Å². The molecule has 0 aromatic heterocycles. The summed E-state index contributed by atoms with van der Waals surface area (Å²) in [4.78, 5) is 0. The highest BCUT2D eigenvalue weighted by atomic mass is 127. The van der Waals surface area contributed by atoms with E-state index in [2.05, 4.69) is 38.5 Å². The maximum atomic E-state index is 5.58. The highest BCUT2D eigenvalue weighted by molar-refractivity contribution is 14.1. The fraction of sp³-hybridized carbons (Fsp3) is 0.250. The van der Waals surface area contributed by atoms with Crippen LogP contribution in [0.5, 0.6) is 5.75 Å². The monoisotopic (exact) mass is 341 g/mol. The Bertz CT molecular complexity index is 291. The molecule has 0 fully saturated rings. The number of nitrogens with two attached hydrogens (primary N) is 1. The molecule has 2 N–H and O–H groups in total. The second-order valence-corrected chi connectivity index (χ2v) is 4.20. The Labute approximate surface area is 93.7 Å². The minimum Gasteiger partial charge on any atom is -0.496 e. The smallest absolute Gasteiger partial charge is 0.124 e. The fourth-order valence-corrected chi connectivity index (χ4v) is 1.95. The highest BCUT2D eigenvalue weighted by Crippen LogP contribution is 2.30. The van der Waals surface area contributed by atoms with E-state index < -0.39 is 0 Å². The van der Waals surface area contributed by atoms with Crippen LogP contribution in [0.15, 0.2) is 16.6 Å². The van der Waals surface area contributed by atoms with Crippen molar-refractivity contribution >= 4 is 38.5 Å². The number of benzene rings is 1. The average molecular weight is 342 g/mol. The van der Waals surface area contributed by atoms with Gasteiger partial charge in [0, 0.05) is 20.2 Å². The lowest BCUT2D eigenvalue weighted by atomic mass is 10.2. The van der Waals surface area contributed by atoms with Crippen LogP contribution < -0.4 is 10.5 Å². The van der Waals surface area contributed by atoms with E-state index in [0.717, 1.165) is 19.4 Å². The van der Waals surface area contributed by atoms with Gasteiger partial charge in [-0.1, -0.05) is 0 Å². The van der Waals surface area contributed by atoms with Gasteiger partial charge in [0.2, 0.25) is 0 Å². The molecule has 12 heavy (non-hydrogen) atoms. The van der Waals surface area contributed by atoms with Crippen LogP contribution in [0.1, 0.15) is 5.56 Å². The van der Waals surface area contributed by atoms with Gasteiger partial charge in [0.05, 0.1) is 7.11 Å². The predicted molar refractivity (Wildman–Crippen MR) is 61.3 cm³/mol. The zero-order valence-electron chi connectivity index (χ0n) is 6.60. The molecule has 0 atom stereocenters. The van der Waals surface area contributed by atoms with Gasteiger partial charge < -0.3 is 10.5 Å². The van der Waals surface area contributed by atoms with Crippen LogP contribution in [0.3, 0.4) is 0 Å². The molecule has 2 nitrogen and oxygen atoms in total. The minimum atomic E-state index is 0.487. The zero-order chi connectivity index (χ0) is 9.14. The molecule has 0 aliphatic heterocycles. The Morgan fingerprint density at radius 2 is 2.25 bits per heavy atom. The maximum Gasteiger partial charge on any atom is 0.124 e. The standard InChI is InChI=1S/C8H9BrINO/c1-12-7-3-2-6(10)8(9)5(7)4-11/h2-3H,4,11H2,1H3. The fourth-order valence-electron chi connectivity index (χ4n) is 0.956. The third-order valence-electron chi connectivity index (χ3n) is 1.58. The van der Waals surface area contributed by atoms with E-state index in [1.807, 2.05) is 12.1 Å². The molecule has 0 spiro atoms. The molecular weight excluding hydrogens is 333 g/mol. The number of hydrogen-bond acceptors (Lipinski definition) is 2. The van der Waals surface area contributed by atoms with Gasteiger partial charge in [-0.05, 0) is 50.7 Å². The number of rotatable bonds is 2. The first-order valence-electron chi connectivity index (χ1n) is 3.41. The van der Waals surface area contributed by atoms with E-state index in [4.69, 9.17) is 10.5 Å². The van der Waals surface area contributed by atoms with Crippen molar-refractivity contribution in [3.05, 3.63) is 25.7 Å². The van der Waals surface area contributed by atoms with Gasteiger partial charge in [-0.3, -0.25) is 0 Å². The molecule has 4 heteroatoms. The normalized spacial score (nSPS) is 10.0. The predicted octanol–water partition coefficient (Wildman–Crippen LogP) is 2.52. The van der Waals surface area contributed by atoms with E-state index in [0.29, 0.717) is 6.54 Å². The number of methoxy groups -OCH3 is 1. The summed E-state index contributed by atoms with van der Waals surface area (Å²) in [5.41, 5.74) is 6.60. The van der Waals surface area contributed by atoms with Crippen molar-refractivity contribution in [2.75, 3.05) is 7.11 Å². The van der Waals surface area contributed by atoms with E-state index in [1.54, 1.807) is 7.11 Å². The molecule has 0 radical (unpaired) electrons. The molecule has 0 heterocycles. The largest absolute Gasteiger partial charge is 0.496 e. The third-order valence-corrected chi connectivity index (χ3v) is 4.12. The molecule has 0 saturated carbocycles. The summed E-state index contributed by atoms with van der Waals surface area (Å²) in [7, 11) is 1.65. The van der Waals surface area contributed by atoms with Crippen LogP contribution in [-0.2, 0) is 6.54 Å². The van der Waals surface area contributed by atoms with Crippen LogP contribution in [-0.4, -0.2) is 7.11 Å². The van der Waals surface area contributed by atoms with Crippen molar-refractivity contribution in [1.82, 2.24) is 0 Å². The Balaban J connectivity index is 3.25. The molecule has 0 saturated heterocycles. The lowest BCUT2D eigenvalue weighted by Crippen LogP contribution is -2.01. The maximum absolute atomic E-state index is 5.58. The molecule has 66 valence electrons. The lowest BCUT2D eigenvalue weighted by Gasteiger charge is -2.09. The van der Waals surface area contributed by atoms with Crippen LogP contribution in [0, 0.1) is 3.57 Å². The van der Waals surface area contributed by atoms with Crippen LogP contribution in [0.25, 0.3) is 0 Å². The molecular formula is C8H9BrINO. The van der Waals surface area contributed by atoms with Crippen molar-refractivity contribution < 1.29 is 4.74 Å². The molecule has 0 bridgehead atoms. The minimum absolute atomic E-state index is 0.487. The van der Waals surface area contributed by atoms with Crippen LogP contribution >= 0.6 is 38.5 Å². The van der Waals surface area contributed by atoms with Crippen LogP contribution in [0.4, 0.5) is 0 Å². The Kier molecular flexibility index (Phi) is 3.79. The molecule has 1 rings (SSSR count). The lowest BCUT2D eigenvalue weighted by molar-refractivity contribution is 0.409. The Hall–Kier alpha value is 0.190. The van der Waals surface area contributed by atoms with Gasteiger partial charge in [-0.15, -0.1) is 0 Å². The van der Waals surface area contributed by atoms with Gasteiger partial charge >= 0.3 is 0 Å². The first kappa shape index (κ1) is 10.3. The van der Waals surface area contributed by atoms with Crippen molar-refractivity contribution in [3.8, 4) is 5.75 Å². The summed E-state index contributed by atoms with van der Waals surface area (Å²) in [5, 5.41) is 0. The van der Waals surface area contributed by atoms with E-state index >= 15 is 0 Å². The summed E-state index contributed by atoms with van der Waals surface area (Å²) < 4.78 is 7.34. The Morgan fingerprint density at radius 1 is 1.58 bits per heavy atom. The zero-order valence-corrected chi connectivity index (χ0v) is 10.3. The molecule has 0 aliphatic carbocycles. The number of hydrogen-bond donors (Lipinski definition) is 1. The summed E-state index contributed by atoms with van der Waals surface area (Å²) in [5.74, 6) is 0.838. The topological polar surface area (TPSA) is 35.2 Å². The second-order valence-electron chi connectivity index (χ2n) is 2.25. The molecule has 0 aliphatic rings. The first-order chi connectivity index (χ1) is 5.70. The van der Waals surface area contributed by atoms with Crippen molar-refractivity contribution in [2.45, 2.75) is 6.54 Å². The van der Waals surface area contributed by atoms with Crippen molar-refractivity contribution in [1.29, 1.82) is 0 Å². The summed E-state index contributed by atoms with van der Waals surface area (Å²) in [6.07, 6.45) is 0. The molecule has 1 aromatic rings. The number of ether oxygens (including phenoxy) is 1. The highest BCUT2D eigenvalue weighted by Gasteiger charge is 2.07. The average Bonchev–Trinajstić information content (AvgIpc) is 2.09. The van der Waals surface area contributed by atoms with E-state index in [1.165, 1.54) is 0 Å². The van der Waals surface area contributed by atoms with Gasteiger partial charge in [0.1, 0.15) is 5.75 Å². The summed E-state index contributed by atoms with van der Waals surface area (Å²) >= 11 is 5.71. The van der Waals surface area contributed by atoms with Gasteiger partial charge in [-0.2, -0.15) is 0 Å². The van der Waals surface area contributed by atoms with Gasteiger partial charge in [0.25, 0.3) is 0 Å². The van der Waals surface area contributed by atoms with E-state index in [-0.39, 0.29) is 0 Å². The SMILES string of the molecule is COc1ccc(I)c(Br)c1CN. The Morgan fingerprint density at radius 3 is 2.75 bits per heavy atom. The van der Waals surface area contributed by atoms with E-state index in [9.17, 15) is 0 Å². The van der Waals surface area contributed by atoms with Crippen LogP contribution in [0.2, 0.25) is 0 Å². The number of halogens is 2. The first-order valence-corrected chi connectivity index (χ1v) is 5.28. The summed E-state index contributed by atoms with van der Waals surface area (Å²) in [6.45, 7) is 0.487. The molecule has 0 amide bonds. The molecule has 1 aromatic carbocycles. The summed E-state index contributed by atoms with van der Waals surface area (Å²) in [6, 6.07) is 3.91. The van der Waals surface area contributed by atoms with Gasteiger partial charge in [0.15, 0.2) is 0 Å². The third kappa shape index (κ3) is 1.92.